The maximum atomic E-state index is 13.2. The zero-order chi connectivity index (χ0) is 23.2. The van der Waals surface area contributed by atoms with E-state index in [2.05, 4.69) is 65.0 Å². The maximum absolute atomic E-state index is 13.2. The maximum Gasteiger partial charge on any atom is 0.259 e. The fourth-order valence-corrected chi connectivity index (χ4v) is 4.05. The van der Waals surface area contributed by atoms with Crippen LogP contribution in [0.3, 0.4) is 0 Å². The van der Waals surface area contributed by atoms with E-state index in [-0.39, 0.29) is 11.4 Å². The monoisotopic (exact) mass is 436 g/mol. The average Bonchev–Trinajstić information content (AvgIpc) is 3.25. The third-order valence-electron chi connectivity index (χ3n) is 5.66. The van der Waals surface area contributed by atoms with Crippen LogP contribution in [0.25, 0.3) is 11.3 Å². The molecule has 3 aromatic rings. The Morgan fingerprint density at radius 1 is 1.12 bits per heavy atom. The van der Waals surface area contributed by atoms with Crippen LogP contribution < -0.4 is 10.2 Å². The molecule has 8 nitrogen and oxygen atoms in total. The number of rotatable bonds is 4. The summed E-state index contributed by atoms with van der Waals surface area (Å²) in [5.41, 5.74) is 4.15. The standard InChI is InChI=1S/C24H32N6O2/c1-15-20(16(2)32-27-15)23(31)29-12-13-30-19(14-29)25-21(22(30)26-24(3,4)5)17-8-10-18(11-9-17)28(6)7/h8-11,26H,12-14H2,1-7H3. The molecule has 2 aromatic heterocycles. The van der Waals surface area contributed by atoms with Gasteiger partial charge in [0.15, 0.2) is 0 Å². The molecule has 0 saturated heterocycles. The summed E-state index contributed by atoms with van der Waals surface area (Å²) in [6.45, 7) is 11.7. The number of carbonyl (C=O) groups excluding carboxylic acids is 1. The molecular formula is C24H32N6O2. The SMILES string of the molecule is Cc1noc(C)c1C(=O)N1CCn2c(nc(-c3ccc(N(C)C)cc3)c2NC(C)(C)C)C1. The largest absolute Gasteiger partial charge is 0.378 e. The minimum absolute atomic E-state index is 0.0577. The summed E-state index contributed by atoms with van der Waals surface area (Å²) in [5.74, 6) is 2.36. The first kappa shape index (κ1) is 21.9. The van der Waals surface area contributed by atoms with Crippen molar-refractivity contribution in [1.29, 1.82) is 0 Å². The second kappa shape index (κ2) is 8.00. The van der Waals surface area contributed by atoms with Gasteiger partial charge in [-0.2, -0.15) is 0 Å². The fourth-order valence-electron chi connectivity index (χ4n) is 4.05. The van der Waals surface area contributed by atoms with Crippen LogP contribution in [0.15, 0.2) is 28.8 Å². The highest BCUT2D eigenvalue weighted by Gasteiger charge is 2.31. The Labute approximate surface area is 189 Å². The Morgan fingerprint density at radius 2 is 1.81 bits per heavy atom. The molecule has 3 heterocycles. The van der Waals surface area contributed by atoms with E-state index < -0.39 is 0 Å². The smallest absolute Gasteiger partial charge is 0.259 e. The highest BCUT2D eigenvalue weighted by molar-refractivity contribution is 5.96. The van der Waals surface area contributed by atoms with Gasteiger partial charge < -0.3 is 24.2 Å². The molecule has 1 aromatic carbocycles. The van der Waals surface area contributed by atoms with E-state index in [0.29, 0.717) is 36.7 Å². The molecule has 0 aliphatic carbocycles. The van der Waals surface area contributed by atoms with Gasteiger partial charge in [0.2, 0.25) is 0 Å². The van der Waals surface area contributed by atoms with E-state index in [1.54, 1.807) is 13.8 Å². The Morgan fingerprint density at radius 3 is 2.38 bits per heavy atom. The first-order valence-corrected chi connectivity index (χ1v) is 10.9. The van der Waals surface area contributed by atoms with Crippen molar-refractivity contribution in [3.8, 4) is 11.3 Å². The van der Waals surface area contributed by atoms with Crippen LogP contribution in [-0.4, -0.2) is 51.7 Å². The molecule has 32 heavy (non-hydrogen) atoms. The van der Waals surface area contributed by atoms with Crippen LogP contribution in [0.4, 0.5) is 11.5 Å². The molecule has 0 saturated carbocycles. The zero-order valence-electron chi connectivity index (χ0n) is 20.0. The van der Waals surface area contributed by atoms with Crippen LogP contribution in [0.5, 0.6) is 0 Å². The number of imidazole rings is 1. The van der Waals surface area contributed by atoms with Gasteiger partial charge in [-0.25, -0.2) is 4.98 Å². The van der Waals surface area contributed by atoms with E-state index in [4.69, 9.17) is 9.51 Å². The number of nitrogens with one attached hydrogen (secondary N) is 1. The number of nitrogens with zero attached hydrogens (tertiary/aromatic N) is 5. The molecule has 1 N–H and O–H groups in total. The summed E-state index contributed by atoms with van der Waals surface area (Å²) < 4.78 is 7.41. The summed E-state index contributed by atoms with van der Waals surface area (Å²) in [6.07, 6.45) is 0. The van der Waals surface area contributed by atoms with Crippen molar-refractivity contribution in [2.45, 2.75) is 53.2 Å². The van der Waals surface area contributed by atoms with Crippen molar-refractivity contribution in [3.05, 3.63) is 47.1 Å². The van der Waals surface area contributed by atoms with Crippen molar-refractivity contribution in [1.82, 2.24) is 19.6 Å². The number of aromatic nitrogens is 3. The summed E-state index contributed by atoms with van der Waals surface area (Å²) in [6, 6.07) is 8.40. The van der Waals surface area contributed by atoms with Crippen molar-refractivity contribution in [2.75, 3.05) is 30.9 Å². The summed E-state index contributed by atoms with van der Waals surface area (Å²) >= 11 is 0. The van der Waals surface area contributed by atoms with Gasteiger partial charge in [0.25, 0.3) is 5.91 Å². The van der Waals surface area contributed by atoms with E-state index in [1.165, 1.54) is 0 Å². The van der Waals surface area contributed by atoms with Crippen LogP contribution in [-0.2, 0) is 13.1 Å². The van der Waals surface area contributed by atoms with E-state index >= 15 is 0 Å². The highest BCUT2D eigenvalue weighted by atomic mass is 16.5. The molecule has 1 aliphatic rings. The van der Waals surface area contributed by atoms with Crippen molar-refractivity contribution >= 4 is 17.4 Å². The fraction of sp³-hybridized carbons (Fsp3) is 0.458. The van der Waals surface area contributed by atoms with Gasteiger partial charge in [-0.1, -0.05) is 17.3 Å². The lowest BCUT2D eigenvalue weighted by molar-refractivity contribution is 0.0705. The minimum Gasteiger partial charge on any atom is -0.378 e. The Balaban J connectivity index is 1.71. The second-order valence-corrected chi connectivity index (χ2v) is 9.62. The number of hydrogen-bond donors (Lipinski definition) is 1. The van der Waals surface area contributed by atoms with E-state index in [0.717, 1.165) is 28.6 Å². The lowest BCUT2D eigenvalue weighted by Gasteiger charge is -2.30. The number of anilines is 2. The van der Waals surface area contributed by atoms with Gasteiger partial charge in [0.1, 0.15) is 28.7 Å². The van der Waals surface area contributed by atoms with Crippen molar-refractivity contribution < 1.29 is 9.32 Å². The molecule has 4 rings (SSSR count). The molecule has 0 fully saturated rings. The molecule has 0 spiro atoms. The Kier molecular flexibility index (Phi) is 5.48. The van der Waals surface area contributed by atoms with Crippen molar-refractivity contribution in [2.24, 2.45) is 0 Å². The van der Waals surface area contributed by atoms with Gasteiger partial charge in [-0.3, -0.25) is 4.79 Å². The van der Waals surface area contributed by atoms with E-state index in [1.807, 2.05) is 19.0 Å². The molecule has 1 amide bonds. The number of carbonyl (C=O) groups is 1. The summed E-state index contributed by atoms with van der Waals surface area (Å²) in [5, 5.41) is 7.58. The molecule has 170 valence electrons. The summed E-state index contributed by atoms with van der Waals surface area (Å²) in [4.78, 5) is 22.1. The molecule has 0 bridgehead atoms. The molecule has 8 heteroatoms. The normalized spacial score (nSPS) is 13.8. The second-order valence-electron chi connectivity index (χ2n) is 9.62. The van der Waals surface area contributed by atoms with Gasteiger partial charge >= 0.3 is 0 Å². The van der Waals surface area contributed by atoms with Crippen molar-refractivity contribution in [3.63, 3.8) is 0 Å². The van der Waals surface area contributed by atoms with E-state index in [9.17, 15) is 4.79 Å². The topological polar surface area (TPSA) is 79.4 Å². The number of amides is 1. The molecular weight excluding hydrogens is 404 g/mol. The summed E-state index contributed by atoms with van der Waals surface area (Å²) in [7, 11) is 4.06. The molecule has 0 unspecified atom stereocenters. The van der Waals surface area contributed by atoms with Crippen LogP contribution in [0, 0.1) is 13.8 Å². The van der Waals surface area contributed by atoms with Gasteiger partial charge in [0.05, 0.1) is 12.2 Å². The molecule has 1 aliphatic heterocycles. The average molecular weight is 437 g/mol. The van der Waals surface area contributed by atoms with Gasteiger partial charge in [-0.05, 0) is 46.8 Å². The Bertz CT molecular complexity index is 1120. The third-order valence-corrected chi connectivity index (χ3v) is 5.66. The Hall–Kier alpha value is -3.29. The lowest BCUT2D eigenvalue weighted by Crippen LogP contribution is -2.39. The zero-order valence-corrected chi connectivity index (χ0v) is 20.0. The lowest BCUT2D eigenvalue weighted by atomic mass is 10.1. The van der Waals surface area contributed by atoms with Crippen LogP contribution in [0.2, 0.25) is 0 Å². The number of benzene rings is 1. The van der Waals surface area contributed by atoms with Crippen LogP contribution in [0.1, 0.15) is 48.4 Å². The van der Waals surface area contributed by atoms with Crippen LogP contribution >= 0.6 is 0 Å². The first-order chi connectivity index (χ1) is 15.0. The third kappa shape index (κ3) is 4.09. The number of fused-ring (bicyclic) bond motifs is 1. The molecule has 0 atom stereocenters. The van der Waals surface area contributed by atoms with Gasteiger partial charge in [-0.15, -0.1) is 0 Å². The van der Waals surface area contributed by atoms with Gasteiger partial charge in [0, 0.05) is 44.0 Å². The minimum atomic E-state index is -0.126. The predicted molar refractivity (Wildman–Crippen MR) is 126 cm³/mol. The first-order valence-electron chi connectivity index (χ1n) is 10.9. The predicted octanol–water partition coefficient (Wildman–Crippen LogP) is 4.09. The number of aryl methyl sites for hydroxylation is 2. The quantitative estimate of drug-likeness (QED) is 0.664. The highest BCUT2D eigenvalue weighted by Crippen LogP contribution is 2.34. The number of hydrogen-bond acceptors (Lipinski definition) is 6. The molecule has 0 radical (unpaired) electrons.